The number of methoxy groups -OCH3 is 3. The monoisotopic (exact) mass is 501 g/mol. The summed E-state index contributed by atoms with van der Waals surface area (Å²) in [5, 5.41) is 5.65. The molecule has 1 fully saturated rings. The highest BCUT2D eigenvalue weighted by Gasteiger charge is 2.28. The van der Waals surface area contributed by atoms with E-state index >= 15 is 0 Å². The summed E-state index contributed by atoms with van der Waals surface area (Å²) in [5.74, 6) is 0.0119. The van der Waals surface area contributed by atoms with Gasteiger partial charge in [0, 0.05) is 38.0 Å². The van der Waals surface area contributed by atoms with Gasteiger partial charge in [-0.2, -0.15) is 0 Å². The first-order valence-electron chi connectivity index (χ1n) is 11.7. The minimum absolute atomic E-state index is 0.147. The number of nitrogens with one attached hydrogen (secondary N) is 2. The standard InChI is InChI=1S/C26H32FN3O6/c1-16(31)28-21(13-17-5-7-19(27)8-6-17)25(32)29-20-9-11-30(12-10-20)26(33)18-14-22(34-2)24(36-4)23(15-18)35-3/h5-8,14-15,20-21H,9-13H2,1-4H3,(H,28,31)(H,29,32)/t21-/m0/s1. The fourth-order valence-corrected chi connectivity index (χ4v) is 4.23. The van der Waals surface area contributed by atoms with E-state index in [0.717, 1.165) is 5.56 Å². The number of hydrogen-bond acceptors (Lipinski definition) is 6. The number of amides is 3. The molecule has 194 valence electrons. The fraction of sp³-hybridized carbons (Fsp3) is 0.423. The number of piperidine rings is 1. The number of hydrogen-bond donors (Lipinski definition) is 2. The summed E-state index contributed by atoms with van der Waals surface area (Å²) >= 11 is 0. The summed E-state index contributed by atoms with van der Waals surface area (Å²) < 4.78 is 29.2. The molecule has 2 N–H and O–H groups in total. The van der Waals surface area contributed by atoms with Gasteiger partial charge in [0.15, 0.2) is 11.5 Å². The number of benzene rings is 2. The Labute approximate surface area is 209 Å². The van der Waals surface area contributed by atoms with Gasteiger partial charge in [-0.25, -0.2) is 4.39 Å². The first-order chi connectivity index (χ1) is 17.2. The third-order valence-corrected chi connectivity index (χ3v) is 6.09. The molecular formula is C26H32FN3O6. The van der Waals surface area contributed by atoms with Gasteiger partial charge in [0.25, 0.3) is 5.91 Å². The lowest BCUT2D eigenvalue weighted by Crippen LogP contribution is -2.53. The number of carbonyl (C=O) groups excluding carboxylic acids is 3. The maximum Gasteiger partial charge on any atom is 0.254 e. The van der Waals surface area contributed by atoms with Crippen LogP contribution in [0.15, 0.2) is 36.4 Å². The number of halogens is 1. The zero-order valence-corrected chi connectivity index (χ0v) is 20.9. The quantitative estimate of drug-likeness (QED) is 0.546. The summed E-state index contributed by atoms with van der Waals surface area (Å²) in [5.41, 5.74) is 1.15. The van der Waals surface area contributed by atoms with Gasteiger partial charge in [-0.15, -0.1) is 0 Å². The Hall–Kier alpha value is -3.82. The summed E-state index contributed by atoms with van der Waals surface area (Å²) in [7, 11) is 4.48. The Balaban J connectivity index is 1.61. The molecule has 1 heterocycles. The predicted octanol–water partition coefficient (Wildman–Crippen LogP) is 2.32. The Kier molecular flexibility index (Phi) is 9.10. The van der Waals surface area contributed by atoms with Crippen molar-refractivity contribution >= 4 is 17.7 Å². The molecule has 2 aromatic rings. The lowest BCUT2D eigenvalue weighted by molar-refractivity contribution is -0.128. The van der Waals surface area contributed by atoms with Crippen LogP contribution in [-0.2, 0) is 16.0 Å². The van der Waals surface area contributed by atoms with Crippen LogP contribution in [0.5, 0.6) is 17.2 Å². The van der Waals surface area contributed by atoms with E-state index < -0.39 is 6.04 Å². The van der Waals surface area contributed by atoms with Crippen molar-refractivity contribution in [1.29, 1.82) is 0 Å². The Bertz CT molecular complexity index is 1060. The summed E-state index contributed by atoms with van der Waals surface area (Å²) in [6, 6.07) is 8.11. The van der Waals surface area contributed by atoms with Gasteiger partial charge in [0.2, 0.25) is 17.6 Å². The fourth-order valence-electron chi connectivity index (χ4n) is 4.23. The van der Waals surface area contributed by atoms with Gasteiger partial charge in [-0.3, -0.25) is 14.4 Å². The van der Waals surface area contributed by atoms with Gasteiger partial charge in [0.05, 0.1) is 21.3 Å². The molecule has 10 heteroatoms. The minimum atomic E-state index is -0.785. The van der Waals surface area contributed by atoms with Crippen LogP contribution in [0.3, 0.4) is 0 Å². The molecule has 0 bridgehead atoms. The molecule has 0 aromatic heterocycles. The topological polar surface area (TPSA) is 106 Å². The number of ether oxygens (including phenoxy) is 3. The van der Waals surface area contributed by atoms with E-state index in [-0.39, 0.29) is 36.0 Å². The molecular weight excluding hydrogens is 469 g/mol. The van der Waals surface area contributed by atoms with E-state index in [2.05, 4.69) is 10.6 Å². The van der Waals surface area contributed by atoms with Crippen molar-refractivity contribution in [2.45, 2.75) is 38.3 Å². The van der Waals surface area contributed by atoms with Gasteiger partial charge >= 0.3 is 0 Å². The van der Waals surface area contributed by atoms with Crippen molar-refractivity contribution in [3.63, 3.8) is 0 Å². The van der Waals surface area contributed by atoms with Gasteiger partial charge < -0.3 is 29.7 Å². The first-order valence-corrected chi connectivity index (χ1v) is 11.7. The van der Waals surface area contributed by atoms with Crippen molar-refractivity contribution in [3.8, 4) is 17.2 Å². The average molecular weight is 502 g/mol. The van der Waals surface area contributed by atoms with Gasteiger partial charge in [-0.1, -0.05) is 12.1 Å². The van der Waals surface area contributed by atoms with E-state index in [1.54, 1.807) is 29.2 Å². The summed E-state index contributed by atoms with van der Waals surface area (Å²) in [6.07, 6.45) is 1.36. The molecule has 0 unspecified atom stereocenters. The van der Waals surface area contributed by atoms with Crippen molar-refractivity contribution in [3.05, 3.63) is 53.3 Å². The molecule has 1 saturated heterocycles. The van der Waals surface area contributed by atoms with Crippen molar-refractivity contribution in [2.24, 2.45) is 0 Å². The van der Waals surface area contributed by atoms with Crippen LogP contribution < -0.4 is 24.8 Å². The van der Waals surface area contributed by atoms with Crippen LogP contribution in [0.4, 0.5) is 4.39 Å². The van der Waals surface area contributed by atoms with Crippen LogP contribution in [-0.4, -0.2) is 69.1 Å². The normalized spacial score (nSPS) is 14.5. The lowest BCUT2D eigenvalue weighted by atomic mass is 10.0. The molecule has 3 rings (SSSR count). The molecule has 0 spiro atoms. The van der Waals surface area contributed by atoms with Crippen LogP contribution in [0.1, 0.15) is 35.7 Å². The molecule has 0 aliphatic carbocycles. The SMILES string of the molecule is COc1cc(C(=O)N2CCC(NC(=O)[C@H](Cc3ccc(F)cc3)NC(C)=O)CC2)cc(OC)c1OC. The van der Waals surface area contributed by atoms with Crippen LogP contribution in [0, 0.1) is 5.82 Å². The Morgan fingerprint density at radius 1 is 1.00 bits per heavy atom. The first kappa shape index (κ1) is 26.8. The van der Waals surface area contributed by atoms with E-state index in [1.807, 2.05) is 0 Å². The Morgan fingerprint density at radius 3 is 2.08 bits per heavy atom. The zero-order valence-electron chi connectivity index (χ0n) is 20.9. The maximum atomic E-state index is 13.2. The van der Waals surface area contributed by atoms with E-state index in [0.29, 0.717) is 48.7 Å². The molecule has 1 aliphatic rings. The van der Waals surface area contributed by atoms with Crippen LogP contribution >= 0.6 is 0 Å². The lowest BCUT2D eigenvalue weighted by Gasteiger charge is -2.33. The largest absolute Gasteiger partial charge is 0.493 e. The highest BCUT2D eigenvalue weighted by atomic mass is 19.1. The summed E-state index contributed by atoms with van der Waals surface area (Å²) in [6.45, 7) is 2.24. The number of carbonyl (C=O) groups is 3. The molecule has 3 amide bonds. The highest BCUT2D eigenvalue weighted by Crippen LogP contribution is 2.38. The third-order valence-electron chi connectivity index (χ3n) is 6.09. The van der Waals surface area contributed by atoms with Crippen molar-refractivity contribution < 1.29 is 33.0 Å². The Morgan fingerprint density at radius 2 is 1.58 bits per heavy atom. The van der Waals surface area contributed by atoms with Crippen molar-refractivity contribution in [1.82, 2.24) is 15.5 Å². The zero-order chi connectivity index (χ0) is 26.2. The number of likely N-dealkylation sites (tertiary alicyclic amines) is 1. The number of rotatable bonds is 9. The van der Waals surface area contributed by atoms with Crippen molar-refractivity contribution in [2.75, 3.05) is 34.4 Å². The van der Waals surface area contributed by atoms with Crippen LogP contribution in [0.25, 0.3) is 0 Å². The van der Waals surface area contributed by atoms with Gasteiger partial charge in [-0.05, 0) is 42.7 Å². The average Bonchev–Trinajstić information content (AvgIpc) is 2.88. The van der Waals surface area contributed by atoms with E-state index in [1.165, 1.54) is 40.4 Å². The second kappa shape index (κ2) is 12.2. The molecule has 36 heavy (non-hydrogen) atoms. The highest BCUT2D eigenvalue weighted by molar-refractivity contribution is 5.95. The molecule has 0 saturated carbocycles. The van der Waals surface area contributed by atoms with E-state index in [9.17, 15) is 18.8 Å². The second-order valence-electron chi connectivity index (χ2n) is 8.57. The summed E-state index contributed by atoms with van der Waals surface area (Å²) in [4.78, 5) is 39.4. The van der Waals surface area contributed by atoms with E-state index in [4.69, 9.17) is 14.2 Å². The third kappa shape index (κ3) is 6.65. The predicted molar refractivity (Wildman–Crippen MR) is 131 cm³/mol. The minimum Gasteiger partial charge on any atom is -0.493 e. The van der Waals surface area contributed by atoms with Gasteiger partial charge in [0.1, 0.15) is 11.9 Å². The second-order valence-corrected chi connectivity index (χ2v) is 8.57. The maximum absolute atomic E-state index is 13.2. The molecule has 1 atom stereocenters. The van der Waals surface area contributed by atoms with Crippen LogP contribution in [0.2, 0.25) is 0 Å². The number of nitrogens with zero attached hydrogens (tertiary/aromatic N) is 1. The molecule has 9 nitrogen and oxygen atoms in total. The smallest absolute Gasteiger partial charge is 0.254 e. The molecule has 1 aliphatic heterocycles. The molecule has 2 aromatic carbocycles. The molecule has 0 radical (unpaired) electrons.